The molecule has 0 radical (unpaired) electrons. The summed E-state index contributed by atoms with van der Waals surface area (Å²) in [6, 6.07) is 7.14. The summed E-state index contributed by atoms with van der Waals surface area (Å²) in [5.41, 5.74) is -0.00209. The van der Waals surface area contributed by atoms with Gasteiger partial charge >= 0.3 is 0 Å². The fourth-order valence-electron chi connectivity index (χ4n) is 4.07. The Kier molecular flexibility index (Phi) is 6.45. The molecule has 0 aromatic heterocycles. The molecule has 172 valence electrons. The van der Waals surface area contributed by atoms with Gasteiger partial charge in [-0.1, -0.05) is 0 Å². The van der Waals surface area contributed by atoms with Crippen molar-refractivity contribution in [3.05, 3.63) is 47.5 Å². The maximum atomic E-state index is 14.5. The van der Waals surface area contributed by atoms with Crippen LogP contribution in [0, 0.1) is 11.6 Å². The summed E-state index contributed by atoms with van der Waals surface area (Å²) >= 11 is 0. The Morgan fingerprint density at radius 2 is 1.84 bits per heavy atom. The zero-order valence-electron chi connectivity index (χ0n) is 17.5. The number of ether oxygens (including phenoxy) is 2. The Bertz CT molecular complexity index is 993. The van der Waals surface area contributed by atoms with Crippen molar-refractivity contribution in [3.63, 3.8) is 0 Å². The van der Waals surface area contributed by atoms with Gasteiger partial charge in [0.05, 0.1) is 11.4 Å². The lowest BCUT2D eigenvalue weighted by Crippen LogP contribution is -2.48. The zero-order valence-corrected chi connectivity index (χ0v) is 17.5. The van der Waals surface area contributed by atoms with E-state index in [-0.39, 0.29) is 37.0 Å². The van der Waals surface area contributed by atoms with E-state index < -0.39 is 23.9 Å². The number of amides is 1. The highest BCUT2D eigenvalue weighted by atomic mass is 19.1. The number of alkyl halides is 1. The first-order chi connectivity index (χ1) is 15.4. The minimum Gasteiger partial charge on any atom is -0.491 e. The Morgan fingerprint density at radius 1 is 1.06 bits per heavy atom. The number of anilines is 2. The van der Waals surface area contributed by atoms with Crippen LogP contribution in [0.2, 0.25) is 0 Å². The van der Waals surface area contributed by atoms with Crippen molar-refractivity contribution in [2.75, 3.05) is 43.2 Å². The number of carbonyl (C=O) groups excluding carboxylic acids is 1. The van der Waals surface area contributed by atoms with E-state index in [1.807, 2.05) is 4.90 Å². The summed E-state index contributed by atoms with van der Waals surface area (Å²) in [4.78, 5) is 13.4. The number of halogens is 3. The van der Waals surface area contributed by atoms with Crippen molar-refractivity contribution in [3.8, 4) is 11.5 Å². The first-order valence-corrected chi connectivity index (χ1v) is 10.6. The largest absolute Gasteiger partial charge is 0.491 e. The number of piperidine rings is 1. The third kappa shape index (κ3) is 4.77. The number of carbonyl (C=O) groups is 1. The topological polar surface area (TPSA) is 71.0 Å². The highest BCUT2D eigenvalue weighted by Gasteiger charge is 2.34. The van der Waals surface area contributed by atoms with Crippen molar-refractivity contribution in [2.45, 2.75) is 31.3 Å². The average molecular weight is 450 g/mol. The number of hydrogen-bond acceptors (Lipinski definition) is 5. The maximum absolute atomic E-state index is 14.5. The van der Waals surface area contributed by atoms with Gasteiger partial charge in [0.1, 0.15) is 48.6 Å². The summed E-state index contributed by atoms with van der Waals surface area (Å²) < 4.78 is 51.7. The van der Waals surface area contributed by atoms with E-state index in [2.05, 4.69) is 5.32 Å². The van der Waals surface area contributed by atoms with Crippen LogP contribution < -0.4 is 19.7 Å². The van der Waals surface area contributed by atoms with Crippen LogP contribution in [0.4, 0.5) is 24.5 Å². The van der Waals surface area contributed by atoms with E-state index in [4.69, 9.17) is 9.47 Å². The van der Waals surface area contributed by atoms with Gasteiger partial charge in [-0.2, -0.15) is 0 Å². The van der Waals surface area contributed by atoms with E-state index in [0.717, 1.165) is 0 Å². The third-order valence-electron chi connectivity index (χ3n) is 5.88. The second-order valence-corrected chi connectivity index (χ2v) is 8.10. The lowest BCUT2D eigenvalue weighted by atomic mass is 9.92. The molecule has 6 nitrogen and oxygen atoms in total. The SMILES string of the molecule is O=C1CCc2c(OCC3(O)CCN(c4ccc(OCCF)cc4F)CC3)ccc(F)c2N1. The number of fused-ring (bicyclic) bond motifs is 1. The minimum atomic E-state index is -1.11. The maximum Gasteiger partial charge on any atom is 0.224 e. The molecular weight excluding hydrogens is 425 g/mol. The molecule has 0 aliphatic carbocycles. The number of hydrogen-bond donors (Lipinski definition) is 2. The van der Waals surface area contributed by atoms with Crippen LogP contribution in [0.3, 0.4) is 0 Å². The van der Waals surface area contributed by atoms with Gasteiger partial charge in [0.25, 0.3) is 0 Å². The van der Waals surface area contributed by atoms with Crippen molar-refractivity contribution in [1.29, 1.82) is 0 Å². The number of nitrogens with one attached hydrogen (secondary N) is 1. The molecule has 32 heavy (non-hydrogen) atoms. The standard InChI is InChI=1S/C23H25F3N2O4/c24-9-12-31-15-1-4-19(18(26)13-15)28-10-7-23(30,8-11-28)14-32-20-5-3-17(25)22-16(20)2-6-21(29)27-22/h1,3-5,13,30H,2,6-12,14H2,(H,27,29). The average Bonchev–Trinajstić information content (AvgIpc) is 2.78. The predicted octanol–water partition coefficient (Wildman–Crippen LogP) is 3.61. The summed E-state index contributed by atoms with van der Waals surface area (Å²) in [6.07, 6.45) is 1.32. The van der Waals surface area contributed by atoms with Crippen LogP contribution >= 0.6 is 0 Å². The van der Waals surface area contributed by atoms with E-state index in [1.54, 1.807) is 12.1 Å². The zero-order chi connectivity index (χ0) is 22.7. The molecule has 9 heteroatoms. The molecule has 2 aliphatic heterocycles. The highest BCUT2D eigenvalue weighted by Crippen LogP contribution is 2.35. The minimum absolute atomic E-state index is 0.00531. The molecule has 0 spiro atoms. The van der Waals surface area contributed by atoms with Crippen LogP contribution in [0.15, 0.2) is 30.3 Å². The molecule has 0 bridgehead atoms. The molecule has 0 saturated carbocycles. The monoisotopic (exact) mass is 450 g/mol. The van der Waals surface area contributed by atoms with Gasteiger partial charge < -0.3 is 24.8 Å². The third-order valence-corrected chi connectivity index (χ3v) is 5.88. The number of nitrogens with zero attached hydrogens (tertiary/aromatic N) is 1. The molecule has 0 unspecified atom stereocenters. The summed E-state index contributed by atoms with van der Waals surface area (Å²) in [5, 5.41) is 13.5. The Morgan fingerprint density at radius 3 is 2.56 bits per heavy atom. The Balaban J connectivity index is 1.37. The lowest BCUT2D eigenvalue weighted by Gasteiger charge is -2.39. The Labute approximate surface area is 183 Å². The van der Waals surface area contributed by atoms with E-state index in [9.17, 15) is 23.1 Å². The van der Waals surface area contributed by atoms with Crippen LogP contribution in [0.5, 0.6) is 11.5 Å². The van der Waals surface area contributed by atoms with E-state index in [1.165, 1.54) is 18.2 Å². The molecule has 1 amide bonds. The van der Waals surface area contributed by atoms with Crippen molar-refractivity contribution in [1.82, 2.24) is 0 Å². The molecule has 2 aromatic carbocycles. The highest BCUT2D eigenvalue weighted by molar-refractivity contribution is 5.94. The van der Waals surface area contributed by atoms with Crippen LogP contribution in [0.25, 0.3) is 0 Å². The van der Waals surface area contributed by atoms with E-state index in [0.29, 0.717) is 49.4 Å². The first-order valence-electron chi connectivity index (χ1n) is 10.6. The lowest BCUT2D eigenvalue weighted by molar-refractivity contribution is -0.116. The van der Waals surface area contributed by atoms with Gasteiger partial charge in [0.2, 0.25) is 5.91 Å². The molecule has 2 N–H and O–H groups in total. The van der Waals surface area contributed by atoms with Crippen molar-refractivity contribution < 1.29 is 32.5 Å². The molecule has 4 rings (SSSR count). The first kappa shape index (κ1) is 22.3. The number of aliphatic hydroxyl groups is 1. The Hall–Kier alpha value is -2.94. The molecule has 1 saturated heterocycles. The summed E-state index contributed by atoms with van der Waals surface area (Å²) in [7, 11) is 0. The smallest absolute Gasteiger partial charge is 0.224 e. The molecular formula is C23H25F3N2O4. The van der Waals surface area contributed by atoms with Crippen molar-refractivity contribution in [2.24, 2.45) is 0 Å². The fraction of sp³-hybridized carbons (Fsp3) is 0.435. The van der Waals surface area contributed by atoms with Crippen LogP contribution in [0.1, 0.15) is 24.8 Å². The second kappa shape index (κ2) is 9.28. The van der Waals surface area contributed by atoms with Gasteiger partial charge in [0.15, 0.2) is 0 Å². The van der Waals surface area contributed by atoms with Gasteiger partial charge in [-0.05, 0) is 43.5 Å². The van der Waals surface area contributed by atoms with Gasteiger partial charge in [0, 0.05) is 31.1 Å². The number of benzene rings is 2. The summed E-state index contributed by atoms with van der Waals surface area (Å²) in [5.74, 6) is -0.524. The van der Waals surface area contributed by atoms with Gasteiger partial charge in [-0.15, -0.1) is 0 Å². The quantitative estimate of drug-likeness (QED) is 0.675. The van der Waals surface area contributed by atoms with Crippen LogP contribution in [-0.4, -0.2) is 49.6 Å². The van der Waals surface area contributed by atoms with Gasteiger partial charge in [-0.3, -0.25) is 4.79 Å². The van der Waals surface area contributed by atoms with Crippen molar-refractivity contribution >= 4 is 17.3 Å². The summed E-state index contributed by atoms with van der Waals surface area (Å²) in [6.45, 7) is 0.0636. The molecule has 1 fully saturated rings. The molecule has 2 aliphatic rings. The van der Waals surface area contributed by atoms with Gasteiger partial charge in [-0.25, -0.2) is 13.2 Å². The van der Waals surface area contributed by atoms with Crippen LogP contribution in [-0.2, 0) is 11.2 Å². The normalized spacial score (nSPS) is 17.5. The fourth-order valence-corrected chi connectivity index (χ4v) is 4.07. The number of rotatable bonds is 7. The van der Waals surface area contributed by atoms with E-state index >= 15 is 0 Å². The predicted molar refractivity (Wildman–Crippen MR) is 113 cm³/mol. The molecule has 2 heterocycles. The molecule has 0 atom stereocenters. The molecule has 2 aromatic rings. The second-order valence-electron chi connectivity index (χ2n) is 8.10.